The lowest BCUT2D eigenvalue weighted by molar-refractivity contribution is -0.00767. The number of methoxy groups -OCH3 is 1. The van der Waals surface area contributed by atoms with Crippen LogP contribution >= 0.6 is 0 Å². The Bertz CT molecular complexity index is 1450. The zero-order chi connectivity index (χ0) is 25.8. The van der Waals surface area contributed by atoms with E-state index < -0.39 is 0 Å². The third kappa shape index (κ3) is 3.88. The molecule has 1 aliphatic rings. The van der Waals surface area contributed by atoms with E-state index in [0.717, 1.165) is 46.0 Å². The maximum absolute atomic E-state index is 12.6. The van der Waals surface area contributed by atoms with Gasteiger partial charge in [0, 0.05) is 27.9 Å². The van der Waals surface area contributed by atoms with Crippen LogP contribution in [0.1, 0.15) is 50.9 Å². The second-order valence-electron chi connectivity index (χ2n) is 11.1. The van der Waals surface area contributed by atoms with Crippen LogP contribution in [0.2, 0.25) is 0 Å². The van der Waals surface area contributed by atoms with Crippen LogP contribution in [0.25, 0.3) is 27.5 Å². The van der Waals surface area contributed by atoms with Crippen LogP contribution < -0.4 is 11.1 Å². The number of aromatic nitrogens is 2. The molecule has 2 aromatic heterocycles. The van der Waals surface area contributed by atoms with Crippen molar-refractivity contribution in [2.75, 3.05) is 25.2 Å². The lowest BCUT2D eigenvalue weighted by Gasteiger charge is -2.54. The van der Waals surface area contributed by atoms with Crippen LogP contribution in [0.5, 0.6) is 0 Å². The van der Waals surface area contributed by atoms with Crippen LogP contribution in [0.4, 0.5) is 11.5 Å². The number of hydrogen-bond donors (Lipinski definition) is 2. The number of likely N-dealkylation sites (tertiary alicyclic amines) is 1. The Morgan fingerprint density at radius 1 is 1.06 bits per heavy atom. The zero-order valence-electron chi connectivity index (χ0n) is 21.9. The zero-order valence-corrected chi connectivity index (χ0v) is 21.9. The molecule has 1 saturated heterocycles. The van der Waals surface area contributed by atoms with E-state index in [0.29, 0.717) is 11.4 Å². The summed E-state index contributed by atoms with van der Waals surface area (Å²) in [7, 11) is 3.62. The van der Waals surface area contributed by atoms with E-state index in [1.54, 1.807) is 6.20 Å². The van der Waals surface area contributed by atoms with Gasteiger partial charge in [0.1, 0.15) is 5.82 Å². The van der Waals surface area contributed by atoms with Crippen LogP contribution in [0.15, 0.2) is 54.7 Å². The average Bonchev–Trinajstić information content (AvgIpc) is 3.17. The number of anilines is 2. The summed E-state index contributed by atoms with van der Waals surface area (Å²) >= 11 is 0. The van der Waals surface area contributed by atoms with E-state index in [2.05, 4.69) is 66.6 Å². The molecule has 3 N–H and O–H groups in total. The van der Waals surface area contributed by atoms with Gasteiger partial charge in [-0.25, -0.2) is 9.78 Å². The first kappa shape index (κ1) is 24.1. The molecule has 5 rings (SSSR count). The van der Waals surface area contributed by atoms with Gasteiger partial charge in [0.2, 0.25) is 0 Å². The maximum atomic E-state index is 12.6. The molecule has 0 amide bonds. The lowest BCUT2D eigenvalue weighted by atomic mass is 9.77. The molecule has 1 aliphatic heterocycles. The third-order valence-electron chi connectivity index (χ3n) is 7.93. The summed E-state index contributed by atoms with van der Waals surface area (Å²) < 4.78 is 7.21. The standard InChI is InChI=1S/C29H35N5O2/c1-28(2)15-18(16-29(3,4)33(28)5)32-22-14-19(17-31-26(22)30)34-23-12-8-7-10-20(23)25-21(27(35)36-6)11-9-13-24(25)34/h7-14,17-18,32H,15-16H2,1-6H3,(H2,30,31). The minimum atomic E-state index is -0.353. The van der Waals surface area contributed by atoms with E-state index in [4.69, 9.17) is 10.5 Å². The summed E-state index contributed by atoms with van der Waals surface area (Å²) in [6.45, 7) is 9.16. The molecule has 7 heteroatoms. The number of nitrogens with two attached hydrogens (primary N) is 1. The largest absolute Gasteiger partial charge is 0.465 e. The van der Waals surface area contributed by atoms with Crippen molar-refractivity contribution in [3.8, 4) is 5.69 Å². The Labute approximate surface area is 212 Å². The van der Waals surface area contributed by atoms with Gasteiger partial charge in [-0.05, 0) is 71.8 Å². The second-order valence-corrected chi connectivity index (χ2v) is 11.1. The van der Waals surface area contributed by atoms with Gasteiger partial charge in [-0.2, -0.15) is 0 Å². The molecule has 0 unspecified atom stereocenters. The highest BCUT2D eigenvalue weighted by Gasteiger charge is 2.43. The van der Waals surface area contributed by atoms with Gasteiger partial charge in [0.15, 0.2) is 0 Å². The van der Waals surface area contributed by atoms with Crippen LogP contribution in [0, 0.1) is 0 Å². The van der Waals surface area contributed by atoms with E-state index in [-0.39, 0.29) is 23.1 Å². The first-order valence-corrected chi connectivity index (χ1v) is 12.4. The summed E-state index contributed by atoms with van der Waals surface area (Å²) in [5.41, 5.74) is 10.6. The van der Waals surface area contributed by atoms with Crippen LogP contribution in [0.3, 0.4) is 0 Å². The SMILES string of the molecule is COC(=O)c1cccc2c1c1ccccc1n2-c1cnc(N)c(NC2CC(C)(C)N(C)C(C)(C)C2)c1. The van der Waals surface area contributed by atoms with Crippen molar-refractivity contribution in [1.29, 1.82) is 0 Å². The van der Waals surface area contributed by atoms with Crippen molar-refractivity contribution in [2.45, 2.75) is 57.7 Å². The molecule has 4 aromatic rings. The lowest BCUT2D eigenvalue weighted by Crippen LogP contribution is -2.61. The molecule has 1 fully saturated rings. The summed E-state index contributed by atoms with van der Waals surface area (Å²) in [5, 5.41) is 5.57. The quantitative estimate of drug-likeness (QED) is 0.366. The molecular weight excluding hydrogens is 450 g/mol. The molecule has 0 bridgehead atoms. The van der Waals surface area contributed by atoms with Crippen molar-refractivity contribution >= 4 is 39.3 Å². The number of carbonyl (C=O) groups is 1. The molecule has 7 nitrogen and oxygen atoms in total. The normalized spacial score (nSPS) is 17.9. The van der Waals surface area contributed by atoms with Gasteiger partial charge in [0.25, 0.3) is 0 Å². The van der Waals surface area contributed by atoms with E-state index >= 15 is 0 Å². The fourth-order valence-electron chi connectivity index (χ4n) is 5.97. The Balaban J connectivity index is 1.62. The molecule has 0 saturated carbocycles. The fraction of sp³-hybridized carbons (Fsp3) is 0.379. The number of carbonyl (C=O) groups excluding carboxylic acids is 1. The van der Waals surface area contributed by atoms with Gasteiger partial charge in [0.05, 0.1) is 41.3 Å². The number of rotatable bonds is 4. The smallest absolute Gasteiger partial charge is 0.338 e. The predicted molar refractivity (Wildman–Crippen MR) is 147 cm³/mol. The van der Waals surface area contributed by atoms with Crippen LogP contribution in [-0.4, -0.2) is 51.7 Å². The monoisotopic (exact) mass is 485 g/mol. The predicted octanol–water partition coefficient (Wildman–Crippen LogP) is 5.61. The number of para-hydroxylation sites is 1. The van der Waals surface area contributed by atoms with Gasteiger partial charge in [-0.1, -0.05) is 24.3 Å². The van der Waals surface area contributed by atoms with Crippen molar-refractivity contribution < 1.29 is 9.53 Å². The highest BCUT2D eigenvalue weighted by atomic mass is 16.5. The minimum Gasteiger partial charge on any atom is -0.465 e. The van der Waals surface area contributed by atoms with Crippen molar-refractivity contribution in [3.63, 3.8) is 0 Å². The second kappa shape index (κ2) is 8.52. The molecule has 188 valence electrons. The number of piperidine rings is 1. The highest BCUT2D eigenvalue weighted by molar-refractivity contribution is 6.17. The summed E-state index contributed by atoms with van der Waals surface area (Å²) in [4.78, 5) is 19.6. The number of esters is 1. The Morgan fingerprint density at radius 2 is 1.72 bits per heavy atom. The first-order valence-electron chi connectivity index (χ1n) is 12.4. The molecule has 2 aromatic carbocycles. The molecule has 0 radical (unpaired) electrons. The first-order chi connectivity index (χ1) is 17.0. The number of nitrogens with zero attached hydrogens (tertiary/aromatic N) is 3. The molecular formula is C29H35N5O2. The van der Waals surface area contributed by atoms with E-state index in [1.807, 2.05) is 36.4 Å². The van der Waals surface area contributed by atoms with E-state index in [1.165, 1.54) is 7.11 Å². The van der Waals surface area contributed by atoms with Gasteiger partial charge >= 0.3 is 5.97 Å². The minimum absolute atomic E-state index is 0.0519. The number of nitrogen functional groups attached to an aromatic ring is 1. The molecule has 0 atom stereocenters. The van der Waals surface area contributed by atoms with Crippen molar-refractivity contribution in [1.82, 2.24) is 14.5 Å². The Morgan fingerprint density at radius 3 is 2.42 bits per heavy atom. The van der Waals surface area contributed by atoms with Gasteiger partial charge < -0.3 is 20.4 Å². The van der Waals surface area contributed by atoms with Crippen molar-refractivity contribution in [3.05, 3.63) is 60.3 Å². The van der Waals surface area contributed by atoms with Crippen molar-refractivity contribution in [2.24, 2.45) is 0 Å². The molecule has 3 heterocycles. The van der Waals surface area contributed by atoms with Gasteiger partial charge in [-0.3, -0.25) is 4.90 Å². The molecule has 36 heavy (non-hydrogen) atoms. The number of hydrogen-bond acceptors (Lipinski definition) is 6. The summed E-state index contributed by atoms with van der Waals surface area (Å²) in [6, 6.07) is 16.1. The molecule has 0 spiro atoms. The highest BCUT2D eigenvalue weighted by Crippen LogP contribution is 2.39. The number of ether oxygens (including phenoxy) is 1. The third-order valence-corrected chi connectivity index (χ3v) is 7.93. The number of fused-ring (bicyclic) bond motifs is 3. The molecule has 0 aliphatic carbocycles. The maximum Gasteiger partial charge on any atom is 0.338 e. The fourth-order valence-corrected chi connectivity index (χ4v) is 5.97. The number of pyridine rings is 1. The Kier molecular flexibility index (Phi) is 5.71. The Hall–Kier alpha value is -3.58. The van der Waals surface area contributed by atoms with Crippen LogP contribution in [-0.2, 0) is 4.74 Å². The van der Waals surface area contributed by atoms with E-state index in [9.17, 15) is 4.79 Å². The number of nitrogens with one attached hydrogen (secondary N) is 1. The van der Waals surface area contributed by atoms with Gasteiger partial charge in [-0.15, -0.1) is 0 Å². The topological polar surface area (TPSA) is 85.4 Å². The average molecular weight is 486 g/mol. The number of benzene rings is 2. The summed E-state index contributed by atoms with van der Waals surface area (Å²) in [6.07, 6.45) is 3.78. The summed E-state index contributed by atoms with van der Waals surface area (Å²) in [5.74, 6) is 0.123.